The number of carbonyl (C=O) groups is 1. The van der Waals surface area contributed by atoms with Crippen molar-refractivity contribution < 1.29 is 24.2 Å². The van der Waals surface area contributed by atoms with Gasteiger partial charge in [-0.3, -0.25) is 4.79 Å². The van der Waals surface area contributed by atoms with E-state index in [1.54, 1.807) is 25.3 Å². The van der Waals surface area contributed by atoms with Gasteiger partial charge in [-0.15, -0.1) is 0 Å². The van der Waals surface area contributed by atoms with Gasteiger partial charge in [0, 0.05) is 19.8 Å². The van der Waals surface area contributed by atoms with Crippen molar-refractivity contribution in [1.29, 1.82) is 0 Å². The fraction of sp³-hybridized carbons (Fsp3) is 0.385. The number of ketones is 1. The van der Waals surface area contributed by atoms with Crippen LogP contribution in [0.4, 0.5) is 0 Å². The maximum absolute atomic E-state index is 12.0. The number of benzene rings is 1. The number of hydrogen-bond donors (Lipinski definition) is 1. The second kappa shape index (κ2) is 5.81. The van der Waals surface area contributed by atoms with Crippen molar-refractivity contribution in [1.82, 2.24) is 0 Å². The lowest BCUT2D eigenvalue weighted by Crippen LogP contribution is -2.14. The third kappa shape index (κ3) is 2.45. The molecule has 0 saturated carbocycles. The van der Waals surface area contributed by atoms with Crippen molar-refractivity contribution in [2.45, 2.75) is 6.10 Å². The number of carbonyl (C=O) groups excluding carboxylic acids is 1. The second-order valence-corrected chi connectivity index (χ2v) is 4.02. The average Bonchev–Trinajstić information content (AvgIpc) is 2.71. The van der Waals surface area contributed by atoms with Gasteiger partial charge in [-0.2, -0.15) is 0 Å². The van der Waals surface area contributed by atoms with Crippen molar-refractivity contribution in [3.63, 3.8) is 0 Å². The molecule has 1 atom stereocenters. The minimum Gasteiger partial charge on any atom is -0.491 e. The largest absolute Gasteiger partial charge is 0.491 e. The molecular formula is C13H15NO5. The number of nitrogens with zero attached hydrogens (tertiary/aromatic N) is 1. The monoisotopic (exact) mass is 265 g/mol. The maximum Gasteiger partial charge on any atom is 0.214 e. The minimum atomic E-state index is -0.625. The highest BCUT2D eigenvalue weighted by Gasteiger charge is 2.37. The normalized spacial score (nSPS) is 19.8. The molecule has 1 aromatic carbocycles. The Kier molecular flexibility index (Phi) is 4.13. The van der Waals surface area contributed by atoms with Crippen LogP contribution in [0.2, 0.25) is 0 Å². The molecule has 1 unspecified atom stereocenters. The van der Waals surface area contributed by atoms with Crippen LogP contribution in [0, 0.1) is 0 Å². The van der Waals surface area contributed by atoms with Crippen molar-refractivity contribution in [2.24, 2.45) is 5.16 Å². The van der Waals surface area contributed by atoms with Gasteiger partial charge in [0.15, 0.2) is 5.71 Å². The molecule has 2 rings (SSSR count). The Bertz CT molecular complexity index is 512. The van der Waals surface area contributed by atoms with E-state index < -0.39 is 6.10 Å². The smallest absolute Gasteiger partial charge is 0.214 e. The predicted molar refractivity (Wildman–Crippen MR) is 67.1 cm³/mol. The molecule has 0 fully saturated rings. The Balaban J connectivity index is 2.27. The summed E-state index contributed by atoms with van der Waals surface area (Å²) >= 11 is 0. The van der Waals surface area contributed by atoms with Crippen LogP contribution < -0.4 is 4.74 Å². The molecule has 102 valence electrons. The molecule has 6 nitrogen and oxygen atoms in total. The first-order valence-electron chi connectivity index (χ1n) is 5.78. The van der Waals surface area contributed by atoms with Gasteiger partial charge in [-0.1, -0.05) is 11.2 Å². The molecular weight excluding hydrogens is 250 g/mol. The lowest BCUT2D eigenvalue weighted by atomic mass is 10.1. The summed E-state index contributed by atoms with van der Waals surface area (Å²) in [5.41, 5.74) is 1.11. The first-order valence-corrected chi connectivity index (χ1v) is 5.78. The highest BCUT2D eigenvalue weighted by atomic mass is 16.5. The molecule has 0 spiro atoms. The summed E-state index contributed by atoms with van der Waals surface area (Å²) in [6.45, 7) is 0.868. The third-order valence-electron chi connectivity index (χ3n) is 2.93. The quantitative estimate of drug-likeness (QED) is 0.495. The second-order valence-electron chi connectivity index (χ2n) is 4.02. The number of rotatable bonds is 5. The molecule has 0 amide bonds. The molecule has 1 aliphatic carbocycles. The Labute approximate surface area is 110 Å². The van der Waals surface area contributed by atoms with Crippen LogP contribution in [0.15, 0.2) is 23.4 Å². The summed E-state index contributed by atoms with van der Waals surface area (Å²) in [6.07, 6.45) is -0.625. The van der Waals surface area contributed by atoms with Crippen LogP contribution in [0.3, 0.4) is 0 Å². The van der Waals surface area contributed by atoms with Gasteiger partial charge in [0.1, 0.15) is 18.5 Å². The van der Waals surface area contributed by atoms with Crippen molar-refractivity contribution in [2.75, 3.05) is 27.4 Å². The summed E-state index contributed by atoms with van der Waals surface area (Å²) < 4.78 is 15.5. The highest BCUT2D eigenvalue weighted by Crippen LogP contribution is 2.34. The molecule has 1 aliphatic rings. The molecule has 0 saturated heterocycles. The van der Waals surface area contributed by atoms with Crippen molar-refractivity contribution in [3.05, 3.63) is 29.3 Å². The average molecular weight is 265 g/mol. The van der Waals surface area contributed by atoms with E-state index in [1.165, 1.54) is 7.11 Å². The van der Waals surface area contributed by atoms with Crippen molar-refractivity contribution >= 4 is 11.5 Å². The number of methoxy groups -OCH3 is 2. The SMILES string of the molecule is COCCOc1ccc2c(c1)C(=O)/C(=N/O)C2OC. The molecule has 0 heterocycles. The lowest BCUT2D eigenvalue weighted by molar-refractivity contribution is 0.104. The number of Topliss-reactive ketones (excluding diaryl/α,β-unsaturated/α-hetero) is 1. The van der Waals surface area contributed by atoms with E-state index in [-0.39, 0.29) is 11.5 Å². The zero-order valence-corrected chi connectivity index (χ0v) is 10.8. The summed E-state index contributed by atoms with van der Waals surface area (Å²) in [7, 11) is 3.05. The van der Waals surface area contributed by atoms with E-state index in [2.05, 4.69) is 5.16 Å². The number of hydrogen-bond acceptors (Lipinski definition) is 6. The van der Waals surface area contributed by atoms with E-state index in [4.69, 9.17) is 19.4 Å². The molecule has 6 heteroatoms. The molecule has 0 aliphatic heterocycles. The van der Waals surface area contributed by atoms with Gasteiger partial charge >= 0.3 is 0 Å². The molecule has 0 bridgehead atoms. The first-order chi connectivity index (χ1) is 9.22. The van der Waals surface area contributed by atoms with Crippen molar-refractivity contribution in [3.8, 4) is 5.75 Å². The van der Waals surface area contributed by atoms with Crippen LogP contribution in [-0.4, -0.2) is 44.1 Å². The predicted octanol–water partition coefficient (Wildman–Crippen LogP) is 1.43. The number of fused-ring (bicyclic) bond motifs is 1. The van der Waals surface area contributed by atoms with E-state index >= 15 is 0 Å². The highest BCUT2D eigenvalue weighted by molar-refractivity contribution is 6.50. The van der Waals surface area contributed by atoms with E-state index in [0.717, 1.165) is 0 Å². The minimum absolute atomic E-state index is 0.00783. The van der Waals surface area contributed by atoms with Gasteiger partial charge in [0.05, 0.1) is 6.61 Å². The summed E-state index contributed by atoms with van der Waals surface area (Å²) in [6, 6.07) is 5.10. The maximum atomic E-state index is 12.0. The molecule has 0 aromatic heterocycles. The summed E-state index contributed by atoms with van der Waals surface area (Å²) in [5.74, 6) is 0.222. The van der Waals surface area contributed by atoms with Crippen LogP contribution in [0.5, 0.6) is 5.75 Å². The van der Waals surface area contributed by atoms with Gasteiger partial charge in [0.2, 0.25) is 5.78 Å². The van der Waals surface area contributed by atoms with E-state index in [0.29, 0.717) is 30.1 Å². The van der Waals surface area contributed by atoms with Crippen LogP contribution in [-0.2, 0) is 9.47 Å². The Hall–Kier alpha value is -1.92. The Morgan fingerprint density at radius 1 is 1.32 bits per heavy atom. The first kappa shape index (κ1) is 13.5. The van der Waals surface area contributed by atoms with Crippen LogP contribution >= 0.6 is 0 Å². The van der Waals surface area contributed by atoms with Gasteiger partial charge in [0.25, 0.3) is 0 Å². The molecule has 1 aromatic rings. The zero-order chi connectivity index (χ0) is 13.8. The van der Waals surface area contributed by atoms with Crippen LogP contribution in [0.1, 0.15) is 22.0 Å². The van der Waals surface area contributed by atoms with E-state index in [1.807, 2.05) is 0 Å². The number of ether oxygens (including phenoxy) is 3. The topological polar surface area (TPSA) is 77.4 Å². The van der Waals surface area contributed by atoms with Gasteiger partial charge in [-0.25, -0.2) is 0 Å². The molecule has 0 radical (unpaired) electrons. The summed E-state index contributed by atoms with van der Waals surface area (Å²) in [4.78, 5) is 12.0. The fourth-order valence-corrected chi connectivity index (χ4v) is 2.03. The molecule has 1 N–H and O–H groups in total. The zero-order valence-electron chi connectivity index (χ0n) is 10.8. The number of oxime groups is 1. The van der Waals surface area contributed by atoms with Gasteiger partial charge in [-0.05, 0) is 17.7 Å². The Morgan fingerprint density at radius 3 is 2.74 bits per heavy atom. The lowest BCUT2D eigenvalue weighted by Gasteiger charge is -2.09. The van der Waals surface area contributed by atoms with Gasteiger partial charge < -0.3 is 19.4 Å². The third-order valence-corrected chi connectivity index (χ3v) is 2.93. The fourth-order valence-electron chi connectivity index (χ4n) is 2.03. The summed E-state index contributed by atoms with van der Waals surface area (Å²) in [5, 5.41) is 11.9. The Morgan fingerprint density at radius 2 is 2.11 bits per heavy atom. The van der Waals surface area contributed by atoms with E-state index in [9.17, 15) is 4.79 Å². The standard InChI is InChI=1S/C13H15NO5/c1-17-5-6-19-8-3-4-9-10(7-8)12(15)11(14-16)13(9)18-2/h3-4,7,13,16H,5-6H2,1-2H3/b14-11-. The molecule has 19 heavy (non-hydrogen) atoms. The van der Waals surface area contributed by atoms with Crippen LogP contribution in [0.25, 0.3) is 0 Å².